The third-order valence-electron chi connectivity index (χ3n) is 3.80. The Morgan fingerprint density at radius 1 is 1.15 bits per heavy atom. The number of benzene rings is 2. The van der Waals surface area contributed by atoms with Gasteiger partial charge in [0.2, 0.25) is 5.13 Å². The second kappa shape index (κ2) is 8.37. The largest absolute Gasteiger partial charge is 0.497 e. The number of methoxy groups -OCH3 is 1. The van der Waals surface area contributed by atoms with Gasteiger partial charge in [-0.05, 0) is 61.4 Å². The standard InChI is InChI=1S/C19H18ClN3O3S/c1-11-8-15(9-12(2)17(11)20)26-10-16(24)21-19-22-18(23-27-19)13-4-6-14(25-3)7-5-13/h4-9H,10H2,1-3H3,(H,21,22,23,24). The van der Waals surface area contributed by atoms with Crippen LogP contribution in [0.15, 0.2) is 36.4 Å². The maximum absolute atomic E-state index is 12.1. The van der Waals surface area contributed by atoms with Gasteiger partial charge in [-0.25, -0.2) is 0 Å². The molecular weight excluding hydrogens is 386 g/mol. The number of carbonyl (C=O) groups excluding carboxylic acids is 1. The molecule has 0 radical (unpaired) electrons. The Bertz CT molecular complexity index is 934. The molecule has 3 aromatic rings. The lowest BCUT2D eigenvalue weighted by molar-refractivity contribution is -0.118. The van der Waals surface area contributed by atoms with Gasteiger partial charge in [-0.1, -0.05) is 11.6 Å². The maximum atomic E-state index is 12.1. The predicted octanol–water partition coefficient (Wildman–Crippen LogP) is 4.50. The highest BCUT2D eigenvalue weighted by Gasteiger charge is 2.11. The van der Waals surface area contributed by atoms with Gasteiger partial charge >= 0.3 is 0 Å². The molecule has 27 heavy (non-hydrogen) atoms. The Morgan fingerprint density at radius 3 is 2.44 bits per heavy atom. The highest BCUT2D eigenvalue weighted by Crippen LogP contribution is 2.26. The Balaban J connectivity index is 1.59. The molecular formula is C19H18ClN3O3S. The van der Waals surface area contributed by atoms with Crippen molar-refractivity contribution in [2.45, 2.75) is 13.8 Å². The second-order valence-electron chi connectivity index (χ2n) is 5.86. The number of nitrogens with zero attached hydrogens (tertiary/aromatic N) is 2. The van der Waals surface area contributed by atoms with Gasteiger partial charge in [-0.15, -0.1) is 0 Å². The number of halogens is 1. The molecule has 1 heterocycles. The Kier molecular flexibility index (Phi) is 5.93. The first-order valence-corrected chi connectivity index (χ1v) is 9.29. The molecule has 1 N–H and O–H groups in total. The van der Waals surface area contributed by atoms with E-state index < -0.39 is 0 Å². The summed E-state index contributed by atoms with van der Waals surface area (Å²) < 4.78 is 14.9. The fraction of sp³-hybridized carbons (Fsp3) is 0.211. The number of anilines is 1. The smallest absolute Gasteiger partial charge is 0.264 e. The van der Waals surface area contributed by atoms with Crippen molar-refractivity contribution in [3.63, 3.8) is 0 Å². The van der Waals surface area contributed by atoms with Gasteiger partial charge in [0.05, 0.1) is 7.11 Å². The van der Waals surface area contributed by atoms with Crippen molar-refractivity contribution in [3.8, 4) is 22.9 Å². The quantitative estimate of drug-likeness (QED) is 0.655. The van der Waals surface area contributed by atoms with Crippen LogP contribution in [0.5, 0.6) is 11.5 Å². The van der Waals surface area contributed by atoms with Crippen LogP contribution in [0.2, 0.25) is 5.02 Å². The number of hydrogen-bond donors (Lipinski definition) is 1. The predicted molar refractivity (Wildman–Crippen MR) is 107 cm³/mol. The van der Waals surface area contributed by atoms with Crippen molar-refractivity contribution in [1.82, 2.24) is 9.36 Å². The summed E-state index contributed by atoms with van der Waals surface area (Å²) in [5, 5.41) is 3.81. The fourth-order valence-corrected chi connectivity index (χ4v) is 3.14. The summed E-state index contributed by atoms with van der Waals surface area (Å²) in [6, 6.07) is 11.0. The summed E-state index contributed by atoms with van der Waals surface area (Å²) in [5.74, 6) is 1.59. The van der Waals surface area contributed by atoms with Crippen molar-refractivity contribution >= 4 is 34.2 Å². The van der Waals surface area contributed by atoms with E-state index in [9.17, 15) is 4.79 Å². The molecule has 0 saturated heterocycles. The molecule has 140 valence electrons. The summed E-state index contributed by atoms with van der Waals surface area (Å²) in [6.07, 6.45) is 0. The number of nitrogens with one attached hydrogen (secondary N) is 1. The first-order chi connectivity index (χ1) is 13.0. The van der Waals surface area contributed by atoms with Gasteiger partial charge in [0.1, 0.15) is 11.5 Å². The number of hydrogen-bond acceptors (Lipinski definition) is 6. The summed E-state index contributed by atoms with van der Waals surface area (Å²) in [6.45, 7) is 3.66. The molecule has 2 aromatic carbocycles. The van der Waals surface area contributed by atoms with Crippen LogP contribution in [0.1, 0.15) is 11.1 Å². The molecule has 0 aliphatic carbocycles. The van der Waals surface area contributed by atoms with Crippen LogP contribution in [0.4, 0.5) is 5.13 Å². The molecule has 0 fully saturated rings. The van der Waals surface area contributed by atoms with Crippen LogP contribution < -0.4 is 14.8 Å². The van der Waals surface area contributed by atoms with Gasteiger partial charge in [0.15, 0.2) is 12.4 Å². The fourth-order valence-electron chi connectivity index (χ4n) is 2.43. The SMILES string of the molecule is COc1ccc(-c2nsc(NC(=O)COc3cc(C)c(Cl)c(C)c3)n2)cc1. The summed E-state index contributed by atoms with van der Waals surface area (Å²) in [5.41, 5.74) is 2.65. The molecule has 0 atom stereocenters. The number of rotatable bonds is 6. The van der Waals surface area contributed by atoms with Crippen LogP contribution in [0.3, 0.4) is 0 Å². The van der Waals surface area contributed by atoms with Gasteiger partial charge in [-0.2, -0.15) is 9.36 Å². The van der Waals surface area contributed by atoms with E-state index in [1.165, 1.54) is 0 Å². The Hall–Kier alpha value is -2.64. The molecule has 1 amide bonds. The first kappa shape index (κ1) is 19.1. The molecule has 0 spiro atoms. The zero-order valence-electron chi connectivity index (χ0n) is 15.1. The van der Waals surface area contributed by atoms with Crippen LogP contribution in [-0.4, -0.2) is 29.0 Å². The van der Waals surface area contributed by atoms with Gasteiger partial charge < -0.3 is 9.47 Å². The van der Waals surface area contributed by atoms with E-state index in [-0.39, 0.29) is 12.5 Å². The van der Waals surface area contributed by atoms with Gasteiger partial charge in [0.25, 0.3) is 5.91 Å². The van der Waals surface area contributed by atoms with E-state index in [1.807, 2.05) is 38.1 Å². The molecule has 0 aliphatic rings. The average Bonchev–Trinajstić information content (AvgIpc) is 3.12. The Morgan fingerprint density at radius 2 is 1.81 bits per heavy atom. The molecule has 1 aromatic heterocycles. The van der Waals surface area contributed by atoms with Crippen LogP contribution >= 0.6 is 23.1 Å². The highest BCUT2D eigenvalue weighted by atomic mass is 35.5. The van der Waals surface area contributed by atoms with E-state index in [2.05, 4.69) is 14.7 Å². The topological polar surface area (TPSA) is 73.3 Å². The van der Waals surface area contributed by atoms with Gasteiger partial charge in [0, 0.05) is 22.1 Å². The van der Waals surface area contributed by atoms with E-state index in [4.69, 9.17) is 21.1 Å². The lowest BCUT2D eigenvalue weighted by Gasteiger charge is -2.09. The third-order valence-corrected chi connectivity index (χ3v) is 5.03. The van der Waals surface area contributed by atoms with E-state index >= 15 is 0 Å². The maximum Gasteiger partial charge on any atom is 0.264 e. The summed E-state index contributed by atoms with van der Waals surface area (Å²) in [7, 11) is 1.61. The van der Waals surface area contributed by atoms with Crippen molar-refractivity contribution in [2.24, 2.45) is 0 Å². The summed E-state index contributed by atoms with van der Waals surface area (Å²) in [4.78, 5) is 16.4. The number of ether oxygens (including phenoxy) is 2. The Labute approximate surface area is 166 Å². The average molecular weight is 404 g/mol. The monoisotopic (exact) mass is 403 g/mol. The minimum absolute atomic E-state index is 0.127. The van der Waals surface area contributed by atoms with Crippen molar-refractivity contribution in [2.75, 3.05) is 19.0 Å². The summed E-state index contributed by atoms with van der Waals surface area (Å²) >= 11 is 7.25. The van der Waals surface area contributed by atoms with Crippen LogP contribution in [0.25, 0.3) is 11.4 Å². The lowest BCUT2D eigenvalue weighted by atomic mass is 10.1. The number of aromatic nitrogens is 2. The minimum atomic E-state index is -0.308. The molecule has 6 nitrogen and oxygen atoms in total. The third kappa shape index (κ3) is 4.75. The molecule has 0 bridgehead atoms. The number of carbonyl (C=O) groups is 1. The number of aryl methyl sites for hydroxylation is 2. The van der Waals surface area contributed by atoms with Crippen LogP contribution in [-0.2, 0) is 4.79 Å². The van der Waals surface area contributed by atoms with E-state index in [1.54, 1.807) is 19.2 Å². The lowest BCUT2D eigenvalue weighted by Crippen LogP contribution is -2.20. The van der Waals surface area contributed by atoms with Gasteiger partial charge in [-0.3, -0.25) is 10.1 Å². The molecule has 0 aliphatic heterocycles. The zero-order chi connectivity index (χ0) is 19.4. The van der Waals surface area contributed by atoms with Crippen molar-refractivity contribution in [3.05, 3.63) is 52.5 Å². The molecule has 3 rings (SSSR count). The minimum Gasteiger partial charge on any atom is -0.497 e. The molecule has 0 saturated carbocycles. The number of amides is 1. The first-order valence-electron chi connectivity index (χ1n) is 8.14. The molecule has 0 unspecified atom stereocenters. The van der Waals surface area contributed by atoms with Crippen LogP contribution in [0, 0.1) is 13.8 Å². The highest BCUT2D eigenvalue weighted by molar-refractivity contribution is 7.10. The van der Waals surface area contributed by atoms with Crippen molar-refractivity contribution in [1.29, 1.82) is 0 Å². The zero-order valence-corrected chi connectivity index (χ0v) is 16.6. The second-order valence-corrected chi connectivity index (χ2v) is 6.99. The van der Waals surface area contributed by atoms with E-state index in [0.29, 0.717) is 21.7 Å². The molecule has 8 heteroatoms. The van der Waals surface area contributed by atoms with E-state index in [0.717, 1.165) is 34.0 Å². The van der Waals surface area contributed by atoms with Crippen molar-refractivity contribution < 1.29 is 14.3 Å². The normalized spacial score (nSPS) is 10.5.